The lowest BCUT2D eigenvalue weighted by molar-refractivity contribution is 0.109. The van der Waals surface area contributed by atoms with Gasteiger partial charge in [-0.1, -0.05) is 0 Å². The molecule has 0 aromatic carbocycles. The summed E-state index contributed by atoms with van der Waals surface area (Å²) in [7, 11) is 1.08. The van der Waals surface area contributed by atoms with Crippen LogP contribution in [0.4, 0.5) is 4.79 Å². The van der Waals surface area contributed by atoms with Crippen molar-refractivity contribution in [2.24, 2.45) is 0 Å². The molecule has 0 radical (unpaired) electrons. The van der Waals surface area contributed by atoms with Gasteiger partial charge in [-0.3, -0.25) is 4.79 Å². The molecule has 5 heteroatoms. The van der Waals surface area contributed by atoms with Crippen LogP contribution < -0.4 is 5.32 Å². The van der Waals surface area contributed by atoms with Gasteiger partial charge in [-0.05, 0) is 0 Å². The first kappa shape index (κ1) is 9.45. The molecule has 1 heterocycles. The fourth-order valence-corrected chi connectivity index (χ4v) is 0.516. The third kappa shape index (κ3) is 10.4. The fourth-order valence-electron chi connectivity index (χ4n) is 0.516. The van der Waals surface area contributed by atoms with E-state index in [9.17, 15) is 0 Å². The summed E-state index contributed by atoms with van der Waals surface area (Å²) >= 11 is 0. The molecule has 2 N–H and O–H groups in total. The minimum Gasteiger partial charge on any atom is -0.490 e. The molecule has 1 aliphatic heterocycles. The van der Waals surface area contributed by atoms with Crippen molar-refractivity contribution in [1.29, 1.82) is 0 Å². The molecule has 10 heavy (non-hydrogen) atoms. The summed E-state index contributed by atoms with van der Waals surface area (Å²) < 4.78 is 5.01. The average molecular weight is 145 g/mol. The highest BCUT2D eigenvalue weighted by Gasteiger charge is 1.92. The second-order valence-electron chi connectivity index (χ2n) is 1.88. The van der Waals surface area contributed by atoms with Crippen LogP contribution >= 0.6 is 0 Å². The first-order valence-corrected chi connectivity index (χ1v) is 3.21. The van der Waals surface area contributed by atoms with Gasteiger partial charge in [0.05, 0.1) is 13.2 Å². The van der Waals surface area contributed by atoms with E-state index in [1.807, 2.05) is 0 Å². The molecule has 1 saturated heterocycles. The van der Waals surface area contributed by atoms with Gasteiger partial charge in [0.2, 0.25) is 13.7 Å². The Hall–Kier alpha value is -0.545. The molecule has 1 aliphatic rings. The molecule has 0 amide bonds. The number of morpholine rings is 1. The number of carbonyl (C=O) groups is 1. The molecule has 0 bridgehead atoms. The van der Waals surface area contributed by atoms with Crippen LogP contribution in [0.2, 0.25) is 0 Å². The van der Waals surface area contributed by atoms with Gasteiger partial charge in [0.15, 0.2) is 0 Å². The smallest absolute Gasteiger partial charge is 0.242 e. The lowest BCUT2D eigenvalue weighted by atomic mass is 10.2. The summed E-state index contributed by atoms with van der Waals surface area (Å²) in [5.41, 5.74) is 0. The third-order valence-corrected chi connectivity index (χ3v) is 0.846. The van der Waals surface area contributed by atoms with Crippen LogP contribution in [0, 0.1) is 0 Å². The molecule has 0 spiro atoms. The molecule has 0 aliphatic carbocycles. The largest absolute Gasteiger partial charge is 0.490 e. The van der Waals surface area contributed by atoms with Crippen molar-refractivity contribution in [3.05, 3.63) is 0 Å². The van der Waals surface area contributed by atoms with Gasteiger partial charge in [0.1, 0.15) is 0 Å². The Balaban J connectivity index is 0.000000180. The molecule has 1 rings (SSSR count). The van der Waals surface area contributed by atoms with E-state index in [2.05, 4.69) is 5.32 Å². The maximum atomic E-state index is 9.00. The summed E-state index contributed by atoms with van der Waals surface area (Å²) in [6, 6.07) is 0. The van der Waals surface area contributed by atoms with Gasteiger partial charge >= 0.3 is 0 Å². The van der Waals surface area contributed by atoms with Gasteiger partial charge < -0.3 is 15.2 Å². The highest BCUT2D eigenvalue weighted by atomic mass is 16.5. The maximum Gasteiger partial charge on any atom is 0.242 e. The topological polar surface area (TPSA) is 58.6 Å². The monoisotopic (exact) mass is 145 g/mol. The van der Waals surface area contributed by atoms with E-state index in [1.54, 1.807) is 0 Å². The fraction of sp³-hybridized carbons (Fsp3) is 0.800. The van der Waals surface area contributed by atoms with Gasteiger partial charge in [0, 0.05) is 13.1 Å². The Morgan fingerprint density at radius 2 is 1.90 bits per heavy atom. The van der Waals surface area contributed by atoms with Gasteiger partial charge in [-0.2, -0.15) is 0 Å². The predicted molar refractivity (Wildman–Crippen MR) is 40.3 cm³/mol. The summed E-state index contributed by atoms with van der Waals surface area (Å²) in [6.07, 6.45) is 0. The van der Waals surface area contributed by atoms with Crippen molar-refractivity contribution in [2.75, 3.05) is 26.3 Å². The molecule has 58 valence electrons. The van der Waals surface area contributed by atoms with Crippen molar-refractivity contribution in [3.8, 4) is 0 Å². The Morgan fingerprint density at radius 1 is 1.50 bits per heavy atom. The van der Waals surface area contributed by atoms with Gasteiger partial charge in [-0.25, -0.2) is 0 Å². The summed E-state index contributed by atoms with van der Waals surface area (Å²) in [6.45, 7) is 3.83. The van der Waals surface area contributed by atoms with Crippen molar-refractivity contribution in [3.63, 3.8) is 0 Å². The third-order valence-electron chi connectivity index (χ3n) is 0.846. The second-order valence-corrected chi connectivity index (χ2v) is 1.88. The Kier molecular flexibility index (Phi) is 6.21. The van der Waals surface area contributed by atoms with E-state index >= 15 is 0 Å². The van der Waals surface area contributed by atoms with Gasteiger partial charge in [-0.15, -0.1) is 0 Å². The molecule has 0 unspecified atom stereocenters. The number of nitrogens with one attached hydrogen (secondary N) is 1. The maximum absolute atomic E-state index is 9.00. The van der Waals surface area contributed by atoms with E-state index < -0.39 is 5.87 Å². The Bertz CT molecular complexity index is 79.4. The van der Waals surface area contributed by atoms with E-state index in [4.69, 9.17) is 14.6 Å². The highest BCUT2D eigenvalue weighted by molar-refractivity contribution is 6.54. The number of hydrogen-bond acceptors (Lipinski definition) is 3. The summed E-state index contributed by atoms with van der Waals surface area (Å²) in [5.74, 6) is -0.833. The van der Waals surface area contributed by atoms with Crippen LogP contribution in [0.15, 0.2) is 0 Å². The molecule has 0 aromatic heterocycles. The predicted octanol–water partition coefficient (Wildman–Crippen LogP) is -1.10. The van der Waals surface area contributed by atoms with Crippen LogP contribution in [0.1, 0.15) is 0 Å². The van der Waals surface area contributed by atoms with Crippen molar-refractivity contribution < 1.29 is 14.6 Å². The summed E-state index contributed by atoms with van der Waals surface area (Å²) in [4.78, 5) is 9.00. The number of ether oxygens (including phenoxy) is 1. The van der Waals surface area contributed by atoms with Gasteiger partial charge in [0.25, 0.3) is 0 Å². The summed E-state index contributed by atoms with van der Waals surface area (Å²) in [5, 5.41) is 10.6. The standard InChI is InChI=1S/C4H9NO.CH3BO2/c1-3-6-4-2-5-1;2-1(3)4/h5H,1-4H2;2H2,(H,3,4). The van der Waals surface area contributed by atoms with Crippen molar-refractivity contribution in [1.82, 2.24) is 5.32 Å². The lowest BCUT2D eigenvalue weighted by Gasteiger charge is -2.10. The van der Waals surface area contributed by atoms with Crippen LogP contribution in [0.5, 0.6) is 0 Å². The highest BCUT2D eigenvalue weighted by Crippen LogP contribution is 1.76. The van der Waals surface area contributed by atoms with E-state index in [0.717, 1.165) is 34.1 Å². The number of carboxylic acid groups (broad SMARTS) is 1. The molecule has 4 nitrogen and oxygen atoms in total. The number of hydrogen-bond donors (Lipinski definition) is 2. The zero-order valence-electron chi connectivity index (χ0n) is 6.09. The minimum absolute atomic E-state index is 0.833. The minimum atomic E-state index is -0.833. The quantitative estimate of drug-likeness (QED) is 0.425. The number of rotatable bonds is 0. The normalized spacial score (nSPS) is 16.8. The van der Waals surface area contributed by atoms with Crippen molar-refractivity contribution >= 4 is 13.7 Å². The molecular formula is C5H12BNO3. The zero-order chi connectivity index (χ0) is 7.82. The molecular weight excluding hydrogens is 133 g/mol. The SMILES string of the molecule is BC(=O)O.C1COCCN1. The molecule has 1 fully saturated rings. The van der Waals surface area contributed by atoms with E-state index in [1.165, 1.54) is 0 Å². The first-order valence-electron chi connectivity index (χ1n) is 3.21. The second kappa shape index (κ2) is 6.57. The van der Waals surface area contributed by atoms with E-state index in [0.29, 0.717) is 0 Å². The van der Waals surface area contributed by atoms with Crippen LogP contribution in [0.3, 0.4) is 0 Å². The first-order chi connectivity index (χ1) is 4.73. The van der Waals surface area contributed by atoms with Crippen LogP contribution in [-0.4, -0.2) is 45.1 Å². The average Bonchev–Trinajstić information content (AvgIpc) is 1.90. The van der Waals surface area contributed by atoms with E-state index in [-0.39, 0.29) is 0 Å². The van der Waals surface area contributed by atoms with Crippen molar-refractivity contribution in [2.45, 2.75) is 0 Å². The lowest BCUT2D eigenvalue weighted by Crippen LogP contribution is -2.30. The molecule has 0 saturated carbocycles. The Morgan fingerprint density at radius 3 is 2.00 bits per heavy atom. The Labute approximate surface area is 61.0 Å². The zero-order valence-corrected chi connectivity index (χ0v) is 6.09. The van der Waals surface area contributed by atoms with Crippen LogP contribution in [-0.2, 0) is 4.74 Å². The molecule has 0 atom stereocenters. The molecule has 0 aromatic rings. The van der Waals surface area contributed by atoms with Crippen LogP contribution in [0.25, 0.3) is 0 Å².